The molecule has 10 nitrogen and oxygen atoms in total. The molecule has 2 aromatic rings. The number of anilines is 2. The highest BCUT2D eigenvalue weighted by Crippen LogP contribution is 2.41. The highest BCUT2D eigenvalue weighted by molar-refractivity contribution is 7.93. The maximum atomic E-state index is 13.1. The van der Waals surface area contributed by atoms with Crippen molar-refractivity contribution in [1.29, 1.82) is 0 Å². The number of fused-ring (bicyclic) bond motifs is 1. The molecule has 36 heavy (non-hydrogen) atoms. The predicted molar refractivity (Wildman–Crippen MR) is 130 cm³/mol. The minimum atomic E-state index is -5.71. The van der Waals surface area contributed by atoms with E-state index in [1.54, 1.807) is 25.5 Å². The van der Waals surface area contributed by atoms with Crippen molar-refractivity contribution in [3.05, 3.63) is 22.7 Å². The Morgan fingerprint density at radius 3 is 2.56 bits per heavy atom. The summed E-state index contributed by atoms with van der Waals surface area (Å²) in [7, 11) is -5.71. The van der Waals surface area contributed by atoms with Crippen LogP contribution in [0.1, 0.15) is 62.8 Å². The first kappa shape index (κ1) is 27.8. The third-order valence-corrected chi connectivity index (χ3v) is 7.00. The molecule has 1 aliphatic rings. The van der Waals surface area contributed by atoms with Crippen LogP contribution < -0.4 is 9.62 Å². The lowest BCUT2D eigenvalue weighted by Crippen LogP contribution is -2.38. The van der Waals surface area contributed by atoms with E-state index >= 15 is 0 Å². The van der Waals surface area contributed by atoms with E-state index in [4.69, 9.17) is 4.74 Å². The Bertz CT molecular complexity index is 1260. The van der Waals surface area contributed by atoms with Crippen LogP contribution in [0.25, 0.3) is 0 Å². The zero-order chi connectivity index (χ0) is 26.9. The van der Waals surface area contributed by atoms with Gasteiger partial charge in [0.1, 0.15) is 11.3 Å². The Morgan fingerprint density at radius 2 is 1.94 bits per heavy atom. The van der Waals surface area contributed by atoms with Crippen molar-refractivity contribution in [3.63, 3.8) is 0 Å². The molecule has 0 saturated heterocycles. The fraction of sp³-hybridized carbons (Fsp3) is 0.571. The number of ether oxygens (including phenoxy) is 1. The van der Waals surface area contributed by atoms with Gasteiger partial charge < -0.3 is 9.64 Å². The number of rotatable bonds is 7. The first-order chi connectivity index (χ1) is 16.6. The number of hydrogen-bond donors (Lipinski definition) is 1. The molecule has 1 aliphatic heterocycles. The zero-order valence-corrected chi connectivity index (χ0v) is 22.0. The highest BCUT2D eigenvalue weighted by Gasteiger charge is 2.46. The van der Waals surface area contributed by atoms with Gasteiger partial charge in [0.2, 0.25) is 5.01 Å². The van der Waals surface area contributed by atoms with Crippen LogP contribution in [0.2, 0.25) is 0 Å². The van der Waals surface area contributed by atoms with E-state index < -0.39 is 27.1 Å². The van der Waals surface area contributed by atoms with E-state index in [9.17, 15) is 26.4 Å². The van der Waals surface area contributed by atoms with E-state index in [0.717, 1.165) is 29.7 Å². The lowest BCUT2D eigenvalue weighted by molar-refractivity contribution is -0.0429. The van der Waals surface area contributed by atoms with E-state index in [0.29, 0.717) is 18.7 Å². The summed E-state index contributed by atoms with van der Waals surface area (Å²) in [5, 5.41) is 15.2. The second-order valence-electron chi connectivity index (χ2n) is 9.22. The van der Waals surface area contributed by atoms with Crippen molar-refractivity contribution in [1.82, 2.24) is 10.2 Å². The third kappa shape index (κ3) is 6.49. The predicted octanol–water partition coefficient (Wildman–Crippen LogP) is 5.72. The van der Waals surface area contributed by atoms with Gasteiger partial charge in [-0.05, 0) is 64.7 Å². The number of nitrogens with zero attached hydrogens (tertiary/aromatic N) is 5. The summed E-state index contributed by atoms with van der Waals surface area (Å²) in [6.45, 7) is 9.70. The molecule has 1 atom stereocenters. The number of halogens is 3. The monoisotopic (exact) mass is 548 g/mol. The molecule has 2 heterocycles. The first-order valence-corrected chi connectivity index (χ1v) is 13.4. The summed E-state index contributed by atoms with van der Waals surface area (Å²) in [6.07, 6.45) is 2.24. The fourth-order valence-electron chi connectivity index (χ4n) is 3.55. The van der Waals surface area contributed by atoms with Gasteiger partial charge in [-0.25, -0.2) is 4.79 Å². The largest absolute Gasteiger partial charge is 0.516 e. The molecular formula is C21H27F3N6O4S2. The Balaban J connectivity index is 2.00. The molecule has 0 spiro atoms. The van der Waals surface area contributed by atoms with Crippen LogP contribution in [0.5, 0.6) is 0 Å². The topological polar surface area (TPSA) is 126 Å². The van der Waals surface area contributed by atoms with Crippen molar-refractivity contribution in [2.75, 3.05) is 16.2 Å². The SMILES string of the molecule is CCCN1c2cc(NS(=O)(=O)C(F)(F)F)c(N=Nc3nnc(C(=O)OC(C)(C)C)s3)cc2CCC1C. The Kier molecular flexibility index (Phi) is 7.93. The standard InChI is InChI=1S/C21H27F3N6O4S2/c1-6-9-30-12(2)7-8-13-10-14(15(11-16(13)30)29-36(32,33)21(22,23)24)25-27-19-28-26-17(35-19)18(31)34-20(3,4)5/h10-12,29H,6-9H2,1-5H3. The summed E-state index contributed by atoms with van der Waals surface area (Å²) in [5.41, 5.74) is -5.32. The van der Waals surface area contributed by atoms with Gasteiger partial charge in [-0.1, -0.05) is 18.3 Å². The molecule has 15 heteroatoms. The second-order valence-corrected chi connectivity index (χ2v) is 11.9. The average molecular weight is 549 g/mol. The van der Waals surface area contributed by atoms with Crippen molar-refractivity contribution in [3.8, 4) is 0 Å². The summed E-state index contributed by atoms with van der Waals surface area (Å²) in [6, 6.07) is 2.99. The number of benzene rings is 1. The highest BCUT2D eigenvalue weighted by atomic mass is 32.2. The number of hydrogen-bond acceptors (Lipinski definition) is 10. The Morgan fingerprint density at radius 1 is 1.25 bits per heavy atom. The Labute approximate surface area is 211 Å². The van der Waals surface area contributed by atoms with Gasteiger partial charge in [0.25, 0.3) is 5.13 Å². The molecule has 0 radical (unpaired) electrons. The maximum absolute atomic E-state index is 13.1. The quantitative estimate of drug-likeness (QED) is 0.346. The van der Waals surface area contributed by atoms with Crippen LogP contribution in [0, 0.1) is 0 Å². The maximum Gasteiger partial charge on any atom is 0.516 e. The molecule has 1 aromatic carbocycles. The van der Waals surface area contributed by atoms with Crippen LogP contribution in [-0.2, 0) is 21.2 Å². The molecule has 0 amide bonds. The van der Waals surface area contributed by atoms with Gasteiger partial charge in [-0.3, -0.25) is 4.72 Å². The summed E-state index contributed by atoms with van der Waals surface area (Å²) >= 11 is 0.776. The number of nitrogens with one attached hydrogen (secondary N) is 1. The van der Waals surface area contributed by atoms with Crippen LogP contribution >= 0.6 is 11.3 Å². The van der Waals surface area contributed by atoms with E-state index in [2.05, 4.69) is 20.4 Å². The van der Waals surface area contributed by atoms with Gasteiger partial charge in [0, 0.05) is 18.3 Å². The number of aryl methyl sites for hydroxylation is 1. The minimum Gasteiger partial charge on any atom is -0.455 e. The number of sulfonamides is 1. The average Bonchev–Trinajstić information content (AvgIpc) is 3.22. The number of alkyl halides is 3. The number of aromatic nitrogens is 2. The van der Waals surface area contributed by atoms with Gasteiger partial charge in [0.05, 0.1) is 5.69 Å². The van der Waals surface area contributed by atoms with E-state index in [1.807, 2.05) is 18.7 Å². The summed E-state index contributed by atoms with van der Waals surface area (Å²) in [5.74, 6) is -0.709. The normalized spacial score (nSPS) is 16.8. The molecule has 1 aromatic heterocycles. The number of azo groups is 1. The smallest absolute Gasteiger partial charge is 0.455 e. The van der Waals surface area contributed by atoms with Crippen molar-refractivity contribution >= 4 is 49.5 Å². The molecule has 1 unspecified atom stereocenters. The second kappa shape index (κ2) is 10.3. The van der Waals surface area contributed by atoms with Crippen LogP contribution in [0.4, 0.5) is 35.4 Å². The van der Waals surface area contributed by atoms with E-state index in [1.165, 1.54) is 12.1 Å². The third-order valence-electron chi connectivity index (χ3n) is 5.11. The van der Waals surface area contributed by atoms with Gasteiger partial charge >= 0.3 is 21.5 Å². The van der Waals surface area contributed by atoms with Gasteiger partial charge in [0.15, 0.2) is 0 Å². The molecule has 0 aliphatic carbocycles. The first-order valence-electron chi connectivity index (χ1n) is 11.1. The number of carbonyl (C=O) groups is 1. The number of carbonyl (C=O) groups excluding carboxylic acids is 1. The molecule has 198 valence electrons. The van der Waals surface area contributed by atoms with Crippen molar-refractivity contribution in [2.45, 2.75) is 71.0 Å². The minimum absolute atomic E-state index is 0.0561. The molecule has 0 bridgehead atoms. The Hall–Kier alpha value is -2.81. The van der Waals surface area contributed by atoms with E-state index in [-0.39, 0.29) is 27.6 Å². The summed E-state index contributed by atoms with van der Waals surface area (Å²) in [4.78, 5) is 14.2. The molecule has 1 N–H and O–H groups in total. The summed E-state index contributed by atoms with van der Waals surface area (Å²) < 4.78 is 69.9. The van der Waals surface area contributed by atoms with Crippen LogP contribution in [-0.4, -0.2) is 48.3 Å². The molecule has 3 rings (SSSR count). The molecule has 0 saturated carbocycles. The lowest BCUT2D eigenvalue weighted by Gasteiger charge is -2.37. The van der Waals surface area contributed by atoms with Gasteiger partial charge in [-0.15, -0.1) is 20.4 Å². The van der Waals surface area contributed by atoms with Crippen molar-refractivity contribution < 1.29 is 31.1 Å². The molecular weight excluding hydrogens is 521 g/mol. The van der Waals surface area contributed by atoms with Crippen LogP contribution in [0.15, 0.2) is 22.4 Å². The van der Waals surface area contributed by atoms with Gasteiger partial charge in [-0.2, -0.15) is 21.6 Å². The lowest BCUT2D eigenvalue weighted by atomic mass is 9.95. The van der Waals surface area contributed by atoms with Crippen LogP contribution in [0.3, 0.4) is 0 Å². The zero-order valence-electron chi connectivity index (χ0n) is 20.4. The number of esters is 1. The fourth-order valence-corrected chi connectivity index (χ4v) is 4.66. The molecule has 0 fully saturated rings. The van der Waals surface area contributed by atoms with Crippen molar-refractivity contribution in [2.24, 2.45) is 10.2 Å².